The lowest BCUT2D eigenvalue weighted by Gasteiger charge is -2.11. The third-order valence-corrected chi connectivity index (χ3v) is 4.91. The molecule has 6 heteroatoms. The van der Waals surface area contributed by atoms with Crippen molar-refractivity contribution in [2.45, 2.75) is 45.6 Å². The summed E-state index contributed by atoms with van der Waals surface area (Å²) in [6.45, 7) is 8.35. The van der Waals surface area contributed by atoms with E-state index in [1.165, 1.54) is 0 Å². The fraction of sp³-hybridized carbons (Fsp3) is 0.412. The zero-order valence-electron chi connectivity index (χ0n) is 14.0. The van der Waals surface area contributed by atoms with E-state index in [0.29, 0.717) is 12.4 Å². The fourth-order valence-corrected chi connectivity index (χ4v) is 3.37. The van der Waals surface area contributed by atoms with Gasteiger partial charge in [-0.05, 0) is 57.0 Å². The lowest BCUT2D eigenvalue weighted by Crippen LogP contribution is -2.23. The quantitative estimate of drug-likeness (QED) is 0.840. The van der Waals surface area contributed by atoms with Crippen molar-refractivity contribution in [2.75, 3.05) is 6.61 Å². The predicted octanol–water partition coefficient (Wildman–Crippen LogP) is 3.47. The molecule has 0 bridgehead atoms. The van der Waals surface area contributed by atoms with Crippen molar-refractivity contribution in [1.82, 2.24) is 4.72 Å². The summed E-state index contributed by atoms with van der Waals surface area (Å²) in [4.78, 5) is 0.233. The summed E-state index contributed by atoms with van der Waals surface area (Å²) in [5.41, 5.74) is 1.64. The monoisotopic (exact) mass is 337 g/mol. The molecule has 0 aliphatic heterocycles. The van der Waals surface area contributed by atoms with E-state index in [4.69, 9.17) is 9.15 Å². The number of hydrogen-bond donors (Lipinski definition) is 1. The van der Waals surface area contributed by atoms with Crippen LogP contribution in [0.2, 0.25) is 0 Å². The summed E-state index contributed by atoms with van der Waals surface area (Å²) in [5.74, 6) is 2.21. The fourth-order valence-electron chi connectivity index (χ4n) is 2.28. The molecule has 0 aliphatic carbocycles. The molecule has 1 N–H and O–H groups in total. The van der Waals surface area contributed by atoms with Gasteiger partial charge in [-0.3, -0.25) is 0 Å². The van der Waals surface area contributed by atoms with Crippen molar-refractivity contribution in [3.05, 3.63) is 46.9 Å². The minimum atomic E-state index is -3.57. The summed E-state index contributed by atoms with van der Waals surface area (Å²) in [6, 6.07) is 6.73. The first kappa shape index (κ1) is 17.6. The molecule has 1 heterocycles. The highest BCUT2D eigenvalue weighted by atomic mass is 32.2. The molecule has 5 nitrogen and oxygen atoms in total. The van der Waals surface area contributed by atoms with Gasteiger partial charge in [0, 0.05) is 12.1 Å². The molecule has 0 fully saturated rings. The van der Waals surface area contributed by atoms with Gasteiger partial charge in [-0.15, -0.1) is 0 Å². The minimum absolute atomic E-state index is 0.207. The third-order valence-electron chi connectivity index (χ3n) is 3.51. The number of benzene rings is 1. The second kappa shape index (κ2) is 7.19. The maximum atomic E-state index is 12.4. The first-order valence-corrected chi connectivity index (χ1v) is 9.11. The van der Waals surface area contributed by atoms with Crippen LogP contribution in [-0.2, 0) is 16.6 Å². The highest BCUT2D eigenvalue weighted by Crippen LogP contribution is 2.22. The largest absolute Gasteiger partial charge is 0.493 e. The Morgan fingerprint density at radius 1 is 1.17 bits per heavy atom. The second-order valence-corrected chi connectivity index (χ2v) is 7.31. The zero-order chi connectivity index (χ0) is 17.0. The first-order valence-electron chi connectivity index (χ1n) is 7.62. The molecule has 0 radical (unpaired) electrons. The van der Waals surface area contributed by atoms with Crippen LogP contribution in [0.3, 0.4) is 0 Å². The first-order chi connectivity index (χ1) is 10.8. The van der Waals surface area contributed by atoms with Gasteiger partial charge in [-0.2, -0.15) is 0 Å². The molecule has 0 aliphatic rings. The Kier molecular flexibility index (Phi) is 5.49. The molecule has 0 unspecified atom stereocenters. The van der Waals surface area contributed by atoms with Gasteiger partial charge in [0.05, 0.1) is 11.5 Å². The van der Waals surface area contributed by atoms with Crippen molar-refractivity contribution in [1.29, 1.82) is 0 Å². The van der Waals surface area contributed by atoms with Crippen molar-refractivity contribution in [3.63, 3.8) is 0 Å². The Labute approximate surface area is 137 Å². The van der Waals surface area contributed by atoms with Crippen LogP contribution in [0.25, 0.3) is 0 Å². The molecule has 0 spiro atoms. The molecule has 2 rings (SSSR count). The number of sulfonamides is 1. The molecule has 23 heavy (non-hydrogen) atoms. The van der Waals surface area contributed by atoms with E-state index in [9.17, 15) is 8.42 Å². The number of rotatable bonds is 7. The van der Waals surface area contributed by atoms with E-state index in [1.54, 1.807) is 18.2 Å². The Bertz CT molecular complexity index is 778. The SMILES string of the molecule is CCCOc1ccc(S(=O)(=O)NCc2cc(C)oc2C)cc1C. The van der Waals surface area contributed by atoms with Gasteiger partial charge in [-0.1, -0.05) is 6.92 Å². The van der Waals surface area contributed by atoms with Crippen LogP contribution in [0.15, 0.2) is 33.6 Å². The van der Waals surface area contributed by atoms with Gasteiger partial charge >= 0.3 is 0 Å². The van der Waals surface area contributed by atoms with Gasteiger partial charge in [0.1, 0.15) is 17.3 Å². The molecule has 0 saturated carbocycles. The van der Waals surface area contributed by atoms with E-state index < -0.39 is 10.0 Å². The van der Waals surface area contributed by atoms with Crippen molar-refractivity contribution in [2.24, 2.45) is 0 Å². The van der Waals surface area contributed by atoms with Crippen LogP contribution in [0, 0.1) is 20.8 Å². The molecule has 0 saturated heterocycles. The van der Waals surface area contributed by atoms with Gasteiger partial charge in [0.15, 0.2) is 0 Å². The van der Waals surface area contributed by atoms with Crippen molar-refractivity contribution in [3.8, 4) is 5.75 Å². The van der Waals surface area contributed by atoms with E-state index in [-0.39, 0.29) is 11.4 Å². The topological polar surface area (TPSA) is 68.5 Å². The van der Waals surface area contributed by atoms with Gasteiger partial charge in [0.2, 0.25) is 10.0 Å². The smallest absolute Gasteiger partial charge is 0.240 e. The molecule has 2 aromatic rings. The molecule has 1 aromatic carbocycles. The van der Waals surface area contributed by atoms with Crippen LogP contribution in [0.4, 0.5) is 0 Å². The lowest BCUT2D eigenvalue weighted by molar-refractivity contribution is 0.315. The molecular formula is C17H23NO4S. The van der Waals surface area contributed by atoms with Crippen LogP contribution in [0.1, 0.15) is 36.0 Å². The standard InChI is InChI=1S/C17H23NO4S/c1-5-8-21-17-7-6-16(9-12(17)2)23(19,20)18-11-15-10-13(3)22-14(15)4/h6-7,9-10,18H,5,8,11H2,1-4H3. The highest BCUT2D eigenvalue weighted by Gasteiger charge is 2.16. The van der Waals surface area contributed by atoms with E-state index >= 15 is 0 Å². The Morgan fingerprint density at radius 2 is 1.91 bits per heavy atom. The van der Waals surface area contributed by atoms with Gasteiger partial charge in [0.25, 0.3) is 0 Å². The third kappa shape index (κ3) is 4.36. The van der Waals surface area contributed by atoms with Crippen LogP contribution < -0.4 is 9.46 Å². The normalized spacial score (nSPS) is 11.7. The van der Waals surface area contributed by atoms with Crippen molar-refractivity contribution < 1.29 is 17.6 Å². The summed E-state index contributed by atoms with van der Waals surface area (Å²) in [7, 11) is -3.57. The molecule has 0 atom stereocenters. The number of hydrogen-bond acceptors (Lipinski definition) is 4. The van der Waals surface area contributed by atoms with Crippen LogP contribution in [-0.4, -0.2) is 15.0 Å². The van der Waals surface area contributed by atoms with Crippen LogP contribution in [0.5, 0.6) is 5.75 Å². The number of nitrogens with one attached hydrogen (secondary N) is 1. The highest BCUT2D eigenvalue weighted by molar-refractivity contribution is 7.89. The lowest BCUT2D eigenvalue weighted by atomic mass is 10.2. The number of furan rings is 1. The van der Waals surface area contributed by atoms with Crippen molar-refractivity contribution >= 4 is 10.0 Å². The summed E-state index contributed by atoms with van der Waals surface area (Å²) in [5, 5.41) is 0. The van der Waals surface area contributed by atoms with E-state index in [0.717, 1.165) is 29.1 Å². The molecular weight excluding hydrogens is 314 g/mol. The second-order valence-electron chi connectivity index (χ2n) is 5.54. The average molecular weight is 337 g/mol. The summed E-state index contributed by atoms with van der Waals surface area (Å²) >= 11 is 0. The number of aryl methyl sites for hydroxylation is 3. The van der Waals surface area contributed by atoms with Gasteiger partial charge < -0.3 is 9.15 Å². The minimum Gasteiger partial charge on any atom is -0.493 e. The zero-order valence-corrected chi connectivity index (χ0v) is 14.8. The molecule has 1 aromatic heterocycles. The van der Waals surface area contributed by atoms with Crippen LogP contribution >= 0.6 is 0 Å². The predicted molar refractivity (Wildman–Crippen MR) is 89.2 cm³/mol. The summed E-state index contributed by atoms with van der Waals surface area (Å²) < 4.78 is 38.4. The summed E-state index contributed by atoms with van der Waals surface area (Å²) in [6.07, 6.45) is 0.907. The Balaban J connectivity index is 2.13. The Morgan fingerprint density at radius 3 is 2.48 bits per heavy atom. The molecule has 126 valence electrons. The maximum Gasteiger partial charge on any atom is 0.240 e. The molecule has 0 amide bonds. The average Bonchev–Trinajstić information content (AvgIpc) is 2.82. The number of ether oxygens (including phenoxy) is 1. The maximum absolute atomic E-state index is 12.4. The van der Waals surface area contributed by atoms with E-state index in [2.05, 4.69) is 4.72 Å². The van der Waals surface area contributed by atoms with Gasteiger partial charge in [-0.25, -0.2) is 13.1 Å². The Hall–Kier alpha value is -1.79. The van der Waals surface area contributed by atoms with E-state index in [1.807, 2.05) is 33.8 Å².